The van der Waals surface area contributed by atoms with E-state index >= 15 is 0 Å². The van der Waals surface area contributed by atoms with E-state index in [1.807, 2.05) is 37.3 Å². The Labute approximate surface area is 106 Å². The monoisotopic (exact) mass is 250 g/mol. The van der Waals surface area contributed by atoms with E-state index in [1.165, 1.54) is 4.90 Å². The molecule has 0 saturated carbocycles. The lowest BCUT2D eigenvalue weighted by Crippen LogP contribution is -2.38. The van der Waals surface area contributed by atoms with Crippen molar-refractivity contribution in [2.75, 3.05) is 20.1 Å². The number of benzene rings is 1. The molecule has 1 rings (SSSR count). The molecule has 0 saturated heterocycles. The van der Waals surface area contributed by atoms with Crippen molar-refractivity contribution in [2.45, 2.75) is 13.0 Å². The van der Waals surface area contributed by atoms with Gasteiger partial charge in [-0.1, -0.05) is 30.3 Å². The van der Waals surface area contributed by atoms with Gasteiger partial charge in [0, 0.05) is 0 Å². The molecular formula is C13H18N2O3. The second kappa shape index (κ2) is 6.76. The van der Waals surface area contributed by atoms with Crippen LogP contribution in [0.4, 0.5) is 0 Å². The van der Waals surface area contributed by atoms with E-state index in [9.17, 15) is 9.59 Å². The molecule has 0 aliphatic heterocycles. The number of amides is 1. The maximum Gasteiger partial charge on any atom is 0.317 e. The van der Waals surface area contributed by atoms with Crippen molar-refractivity contribution < 1.29 is 14.7 Å². The molecule has 98 valence electrons. The molecule has 1 unspecified atom stereocenters. The Hall–Kier alpha value is -1.88. The Bertz CT molecular complexity index is 406. The van der Waals surface area contributed by atoms with Gasteiger partial charge in [-0.25, -0.2) is 0 Å². The second-order valence-electron chi connectivity index (χ2n) is 4.27. The van der Waals surface area contributed by atoms with Crippen LogP contribution in [-0.4, -0.2) is 42.0 Å². The molecule has 1 aromatic carbocycles. The first-order valence-electron chi connectivity index (χ1n) is 5.73. The maximum atomic E-state index is 11.7. The average molecular weight is 250 g/mol. The van der Waals surface area contributed by atoms with E-state index in [0.29, 0.717) is 0 Å². The van der Waals surface area contributed by atoms with Crippen LogP contribution in [0, 0.1) is 0 Å². The number of carboxylic acid groups (broad SMARTS) is 1. The average Bonchev–Trinajstić information content (AvgIpc) is 2.28. The Morgan fingerprint density at radius 1 is 1.28 bits per heavy atom. The third-order valence-electron chi connectivity index (χ3n) is 2.50. The topological polar surface area (TPSA) is 69.6 Å². The molecule has 1 amide bonds. The zero-order chi connectivity index (χ0) is 13.5. The Morgan fingerprint density at radius 2 is 1.89 bits per heavy atom. The number of nitrogens with zero attached hydrogens (tertiary/aromatic N) is 1. The summed E-state index contributed by atoms with van der Waals surface area (Å²) in [6.07, 6.45) is 0. The van der Waals surface area contributed by atoms with Crippen LogP contribution in [-0.2, 0) is 9.59 Å². The molecule has 5 heteroatoms. The van der Waals surface area contributed by atoms with Crippen LogP contribution in [0.5, 0.6) is 0 Å². The van der Waals surface area contributed by atoms with E-state index in [-0.39, 0.29) is 25.0 Å². The molecular weight excluding hydrogens is 232 g/mol. The summed E-state index contributed by atoms with van der Waals surface area (Å²) < 4.78 is 0. The molecule has 0 fully saturated rings. The predicted octanol–water partition coefficient (Wildman–Crippen LogP) is 0.880. The van der Waals surface area contributed by atoms with Crippen LogP contribution in [0.15, 0.2) is 30.3 Å². The van der Waals surface area contributed by atoms with Crippen LogP contribution in [0.1, 0.15) is 18.5 Å². The van der Waals surface area contributed by atoms with E-state index < -0.39 is 5.97 Å². The van der Waals surface area contributed by atoms with Crippen molar-refractivity contribution in [3.8, 4) is 0 Å². The lowest BCUT2D eigenvalue weighted by molar-refractivity contribution is -0.138. The summed E-state index contributed by atoms with van der Waals surface area (Å²) in [5.41, 5.74) is 1.02. The third kappa shape index (κ3) is 4.97. The van der Waals surface area contributed by atoms with Gasteiger partial charge >= 0.3 is 5.97 Å². The van der Waals surface area contributed by atoms with Gasteiger partial charge in [0.2, 0.25) is 5.91 Å². The number of nitrogens with one attached hydrogen (secondary N) is 1. The Kier molecular flexibility index (Phi) is 5.32. The van der Waals surface area contributed by atoms with Crippen LogP contribution in [0.2, 0.25) is 0 Å². The Balaban J connectivity index is 2.43. The van der Waals surface area contributed by atoms with Gasteiger partial charge in [0.15, 0.2) is 0 Å². The smallest absolute Gasteiger partial charge is 0.317 e. The van der Waals surface area contributed by atoms with Crippen LogP contribution in [0.3, 0.4) is 0 Å². The molecule has 2 N–H and O–H groups in total. The normalized spacial score (nSPS) is 12.2. The number of hydrogen-bond acceptors (Lipinski definition) is 3. The SMILES string of the molecule is CC(NC(=O)CN(C)CC(=O)O)c1ccccc1. The highest BCUT2D eigenvalue weighted by Crippen LogP contribution is 2.10. The first kappa shape index (κ1) is 14.2. The van der Waals surface area contributed by atoms with Crippen molar-refractivity contribution in [3.63, 3.8) is 0 Å². The van der Waals surface area contributed by atoms with Gasteiger partial charge in [-0.3, -0.25) is 14.5 Å². The number of likely N-dealkylation sites (N-methyl/N-ethyl adjacent to an activating group) is 1. The maximum absolute atomic E-state index is 11.7. The van der Waals surface area contributed by atoms with E-state index in [2.05, 4.69) is 5.32 Å². The van der Waals surface area contributed by atoms with Gasteiger partial charge in [-0.2, -0.15) is 0 Å². The summed E-state index contributed by atoms with van der Waals surface area (Å²) in [6, 6.07) is 9.52. The number of carbonyl (C=O) groups is 2. The fraction of sp³-hybridized carbons (Fsp3) is 0.385. The zero-order valence-corrected chi connectivity index (χ0v) is 10.6. The Morgan fingerprint density at radius 3 is 2.44 bits per heavy atom. The van der Waals surface area contributed by atoms with Gasteiger partial charge in [0.25, 0.3) is 0 Å². The first-order chi connectivity index (χ1) is 8.49. The van der Waals surface area contributed by atoms with E-state index in [4.69, 9.17) is 5.11 Å². The quantitative estimate of drug-likeness (QED) is 0.786. The van der Waals surface area contributed by atoms with Crippen molar-refractivity contribution in [1.29, 1.82) is 0 Å². The first-order valence-corrected chi connectivity index (χ1v) is 5.73. The molecule has 0 radical (unpaired) electrons. The van der Waals surface area contributed by atoms with Gasteiger partial charge in [0.1, 0.15) is 0 Å². The number of aliphatic carboxylic acids is 1. The van der Waals surface area contributed by atoms with Gasteiger partial charge in [0.05, 0.1) is 19.1 Å². The minimum Gasteiger partial charge on any atom is -0.480 e. The highest BCUT2D eigenvalue weighted by atomic mass is 16.4. The fourth-order valence-electron chi connectivity index (χ4n) is 1.64. The predicted molar refractivity (Wildman–Crippen MR) is 68.1 cm³/mol. The van der Waals surface area contributed by atoms with Crippen LogP contribution >= 0.6 is 0 Å². The van der Waals surface area contributed by atoms with Crippen molar-refractivity contribution >= 4 is 11.9 Å². The van der Waals surface area contributed by atoms with Crippen molar-refractivity contribution in [1.82, 2.24) is 10.2 Å². The highest BCUT2D eigenvalue weighted by Gasteiger charge is 2.12. The largest absolute Gasteiger partial charge is 0.480 e. The van der Waals surface area contributed by atoms with Crippen LogP contribution in [0.25, 0.3) is 0 Å². The summed E-state index contributed by atoms with van der Waals surface area (Å²) in [6.45, 7) is 1.82. The van der Waals surface area contributed by atoms with Crippen LogP contribution < -0.4 is 5.32 Å². The fourth-order valence-corrected chi connectivity index (χ4v) is 1.64. The summed E-state index contributed by atoms with van der Waals surface area (Å²) in [5, 5.41) is 11.4. The number of hydrogen-bond donors (Lipinski definition) is 2. The summed E-state index contributed by atoms with van der Waals surface area (Å²) in [5.74, 6) is -1.13. The molecule has 1 aromatic rings. The number of carbonyl (C=O) groups excluding carboxylic acids is 1. The van der Waals surface area contributed by atoms with Gasteiger partial charge in [-0.15, -0.1) is 0 Å². The highest BCUT2D eigenvalue weighted by molar-refractivity contribution is 5.79. The molecule has 1 atom stereocenters. The van der Waals surface area contributed by atoms with Gasteiger partial charge in [-0.05, 0) is 19.5 Å². The lowest BCUT2D eigenvalue weighted by Gasteiger charge is -2.17. The van der Waals surface area contributed by atoms with E-state index in [0.717, 1.165) is 5.56 Å². The number of rotatable bonds is 6. The summed E-state index contributed by atoms with van der Waals surface area (Å²) in [4.78, 5) is 23.6. The zero-order valence-electron chi connectivity index (χ0n) is 10.6. The summed E-state index contributed by atoms with van der Waals surface area (Å²) >= 11 is 0. The third-order valence-corrected chi connectivity index (χ3v) is 2.50. The van der Waals surface area contributed by atoms with E-state index in [1.54, 1.807) is 7.05 Å². The molecule has 5 nitrogen and oxygen atoms in total. The summed E-state index contributed by atoms with van der Waals surface area (Å²) in [7, 11) is 1.60. The minimum absolute atomic E-state index is 0.0729. The van der Waals surface area contributed by atoms with Gasteiger partial charge < -0.3 is 10.4 Å². The molecule has 0 heterocycles. The van der Waals surface area contributed by atoms with Crippen molar-refractivity contribution in [3.05, 3.63) is 35.9 Å². The molecule has 0 bridgehead atoms. The number of carboxylic acids is 1. The molecule has 18 heavy (non-hydrogen) atoms. The lowest BCUT2D eigenvalue weighted by atomic mass is 10.1. The standard InChI is InChI=1S/C13H18N2O3/c1-10(11-6-4-3-5-7-11)14-12(16)8-15(2)9-13(17)18/h3-7,10H,8-9H2,1-2H3,(H,14,16)(H,17,18). The molecule has 0 aliphatic rings. The molecule has 0 aromatic heterocycles. The second-order valence-corrected chi connectivity index (χ2v) is 4.27. The molecule has 0 aliphatic carbocycles. The minimum atomic E-state index is -0.943. The van der Waals surface area contributed by atoms with Crippen molar-refractivity contribution in [2.24, 2.45) is 0 Å². The molecule has 0 spiro atoms.